The molecule has 2 aromatic carbocycles. The molecule has 0 unspecified atom stereocenters. The van der Waals surface area contributed by atoms with Gasteiger partial charge < -0.3 is 5.73 Å². The molecule has 2 N–H and O–H groups in total. The number of halogens is 3. The molecular weight excluding hydrogens is 426 g/mol. The van der Waals surface area contributed by atoms with Crippen LogP contribution in [0.5, 0.6) is 0 Å². The fourth-order valence-corrected chi connectivity index (χ4v) is 5.72. The molecule has 0 spiro atoms. The van der Waals surface area contributed by atoms with Crippen molar-refractivity contribution in [1.82, 2.24) is 4.90 Å². The zero-order valence-electron chi connectivity index (χ0n) is 16.9. The lowest BCUT2D eigenvalue weighted by atomic mass is 9.98. The molecule has 0 bridgehead atoms. The molecule has 2 aliphatic rings. The second-order valence-corrected chi connectivity index (χ2v) is 10.1. The Morgan fingerprint density at radius 1 is 1.17 bits per heavy atom. The van der Waals surface area contributed by atoms with E-state index in [-0.39, 0.29) is 16.4 Å². The van der Waals surface area contributed by atoms with Crippen molar-refractivity contribution in [3.63, 3.8) is 0 Å². The van der Waals surface area contributed by atoms with Gasteiger partial charge in [-0.1, -0.05) is 11.6 Å². The van der Waals surface area contributed by atoms with Gasteiger partial charge in [0.2, 0.25) is 0 Å². The van der Waals surface area contributed by atoms with Crippen molar-refractivity contribution in [2.45, 2.75) is 55.2 Å². The lowest BCUT2D eigenvalue weighted by Gasteiger charge is -2.32. The standard InChI is InChI=1S/C23H25ClF2N2OS/c1-13-8-19(24)22(26)21(9-13)30-16-4-6-28(7-5-16)12-15-10-20(25)18(23(27)29)11-17(15)14-2-3-14/h8-11,14,16H,2-7,12H2,1H3,(H2,27,29). The van der Waals surface area contributed by atoms with E-state index in [4.69, 9.17) is 17.3 Å². The second-order valence-electron chi connectivity index (χ2n) is 8.32. The molecule has 0 radical (unpaired) electrons. The predicted octanol–water partition coefficient (Wildman–Crippen LogP) is 5.66. The van der Waals surface area contributed by atoms with Crippen LogP contribution in [0.3, 0.4) is 0 Å². The smallest absolute Gasteiger partial charge is 0.251 e. The summed E-state index contributed by atoms with van der Waals surface area (Å²) < 4.78 is 28.7. The number of benzene rings is 2. The van der Waals surface area contributed by atoms with Crippen molar-refractivity contribution in [2.75, 3.05) is 13.1 Å². The van der Waals surface area contributed by atoms with Gasteiger partial charge in [-0.2, -0.15) is 0 Å². The highest BCUT2D eigenvalue weighted by molar-refractivity contribution is 8.00. The molecule has 1 saturated heterocycles. The van der Waals surface area contributed by atoms with Gasteiger partial charge >= 0.3 is 0 Å². The Balaban J connectivity index is 1.41. The minimum Gasteiger partial charge on any atom is -0.366 e. The number of thioether (sulfide) groups is 1. The monoisotopic (exact) mass is 450 g/mol. The fourth-order valence-electron chi connectivity index (χ4n) is 4.12. The Hall–Kier alpha value is -1.63. The van der Waals surface area contributed by atoms with Gasteiger partial charge in [0.25, 0.3) is 5.91 Å². The molecule has 3 nitrogen and oxygen atoms in total. The molecule has 0 atom stereocenters. The topological polar surface area (TPSA) is 46.3 Å². The van der Waals surface area contributed by atoms with Crippen LogP contribution in [0.15, 0.2) is 29.2 Å². The van der Waals surface area contributed by atoms with Crippen LogP contribution in [0, 0.1) is 18.6 Å². The van der Waals surface area contributed by atoms with E-state index < -0.39 is 11.7 Å². The Morgan fingerprint density at radius 3 is 2.50 bits per heavy atom. The van der Waals surface area contributed by atoms with Crippen LogP contribution in [-0.2, 0) is 6.54 Å². The maximum atomic E-state index is 14.4. The summed E-state index contributed by atoms with van der Waals surface area (Å²) in [5, 5.41) is 0.495. The SMILES string of the molecule is Cc1cc(Cl)c(F)c(SC2CCN(Cc3cc(F)c(C(N)=O)cc3C3CC3)CC2)c1. The van der Waals surface area contributed by atoms with Crippen LogP contribution in [0.2, 0.25) is 5.02 Å². The summed E-state index contributed by atoms with van der Waals surface area (Å²) in [6.07, 6.45) is 3.99. The van der Waals surface area contributed by atoms with E-state index in [0.717, 1.165) is 55.5 Å². The maximum absolute atomic E-state index is 14.4. The van der Waals surface area contributed by atoms with Crippen molar-refractivity contribution >= 4 is 29.3 Å². The minimum absolute atomic E-state index is 0.0189. The van der Waals surface area contributed by atoms with E-state index in [9.17, 15) is 13.6 Å². The van der Waals surface area contributed by atoms with Crippen molar-refractivity contribution in [3.05, 3.63) is 63.2 Å². The summed E-state index contributed by atoms with van der Waals surface area (Å²) in [7, 11) is 0. The summed E-state index contributed by atoms with van der Waals surface area (Å²) in [4.78, 5) is 14.4. The summed E-state index contributed by atoms with van der Waals surface area (Å²) in [5.74, 6) is -1.20. The first-order valence-electron chi connectivity index (χ1n) is 10.3. The normalized spacial score (nSPS) is 18.0. The second kappa shape index (κ2) is 8.85. The third-order valence-electron chi connectivity index (χ3n) is 5.87. The third kappa shape index (κ3) is 4.82. The average molecular weight is 451 g/mol. The van der Waals surface area contributed by atoms with Gasteiger partial charge in [0, 0.05) is 16.7 Å². The summed E-state index contributed by atoms with van der Waals surface area (Å²) in [5.41, 5.74) is 8.26. The molecule has 1 heterocycles. The van der Waals surface area contributed by atoms with Gasteiger partial charge in [0.1, 0.15) is 5.82 Å². The predicted molar refractivity (Wildman–Crippen MR) is 117 cm³/mol. The number of aryl methyl sites for hydroxylation is 1. The highest BCUT2D eigenvalue weighted by Crippen LogP contribution is 2.43. The summed E-state index contributed by atoms with van der Waals surface area (Å²) >= 11 is 7.54. The van der Waals surface area contributed by atoms with Crippen LogP contribution >= 0.6 is 23.4 Å². The lowest BCUT2D eigenvalue weighted by molar-refractivity contribution is 0.0996. The van der Waals surface area contributed by atoms with Gasteiger partial charge in [-0.3, -0.25) is 9.69 Å². The molecule has 1 amide bonds. The molecule has 2 aromatic rings. The van der Waals surface area contributed by atoms with Gasteiger partial charge in [-0.15, -0.1) is 11.8 Å². The first kappa shape index (κ1) is 21.6. The zero-order valence-corrected chi connectivity index (χ0v) is 18.5. The maximum Gasteiger partial charge on any atom is 0.251 e. The largest absolute Gasteiger partial charge is 0.366 e. The molecule has 4 rings (SSSR count). The van der Waals surface area contributed by atoms with Crippen molar-refractivity contribution in [3.8, 4) is 0 Å². The molecule has 160 valence electrons. The van der Waals surface area contributed by atoms with E-state index in [2.05, 4.69) is 4.90 Å². The lowest BCUT2D eigenvalue weighted by Crippen LogP contribution is -2.34. The first-order valence-corrected chi connectivity index (χ1v) is 11.5. The number of carbonyl (C=O) groups is 1. The fraction of sp³-hybridized carbons (Fsp3) is 0.435. The number of likely N-dealkylation sites (tertiary alicyclic amines) is 1. The van der Waals surface area contributed by atoms with Gasteiger partial charge in [0.15, 0.2) is 5.82 Å². The van der Waals surface area contributed by atoms with Crippen molar-refractivity contribution in [1.29, 1.82) is 0 Å². The molecule has 1 saturated carbocycles. The molecule has 0 aromatic heterocycles. The molecule has 1 aliphatic heterocycles. The molecule has 1 aliphatic carbocycles. The number of rotatable bonds is 6. The molecule has 7 heteroatoms. The minimum atomic E-state index is -0.720. The van der Waals surface area contributed by atoms with E-state index >= 15 is 0 Å². The van der Waals surface area contributed by atoms with Crippen molar-refractivity contribution < 1.29 is 13.6 Å². The number of carbonyl (C=O) groups excluding carboxylic acids is 1. The molecule has 30 heavy (non-hydrogen) atoms. The quantitative estimate of drug-likeness (QED) is 0.617. The number of amides is 1. The van der Waals surface area contributed by atoms with E-state index in [0.29, 0.717) is 22.6 Å². The van der Waals surface area contributed by atoms with E-state index in [1.165, 1.54) is 6.07 Å². The van der Waals surface area contributed by atoms with Crippen LogP contribution in [0.25, 0.3) is 0 Å². The van der Waals surface area contributed by atoms with Crippen molar-refractivity contribution in [2.24, 2.45) is 5.73 Å². The molecular formula is C23H25ClF2N2OS. The third-order valence-corrected chi connectivity index (χ3v) is 7.50. The first-order chi connectivity index (χ1) is 14.3. The summed E-state index contributed by atoms with van der Waals surface area (Å²) in [6, 6.07) is 6.63. The summed E-state index contributed by atoms with van der Waals surface area (Å²) in [6.45, 7) is 4.30. The Kier molecular flexibility index (Phi) is 6.37. The number of hydrogen-bond acceptors (Lipinski definition) is 3. The highest BCUT2D eigenvalue weighted by Gasteiger charge is 2.29. The number of piperidine rings is 1. The van der Waals surface area contributed by atoms with Crippen LogP contribution in [-0.4, -0.2) is 29.1 Å². The van der Waals surface area contributed by atoms with Crippen LogP contribution in [0.1, 0.15) is 58.6 Å². The Morgan fingerprint density at radius 2 is 1.87 bits per heavy atom. The molecule has 2 fully saturated rings. The van der Waals surface area contributed by atoms with E-state index in [1.807, 2.05) is 13.0 Å². The highest BCUT2D eigenvalue weighted by atomic mass is 35.5. The Labute approximate surface area is 185 Å². The van der Waals surface area contributed by atoms with Crippen LogP contribution < -0.4 is 5.73 Å². The zero-order chi connectivity index (χ0) is 21.4. The van der Waals surface area contributed by atoms with E-state index in [1.54, 1.807) is 23.9 Å². The number of nitrogens with two attached hydrogens (primary N) is 1. The number of nitrogens with zero attached hydrogens (tertiary/aromatic N) is 1. The average Bonchev–Trinajstić information content (AvgIpc) is 3.52. The number of hydrogen-bond donors (Lipinski definition) is 1. The Bertz CT molecular complexity index is 972. The van der Waals surface area contributed by atoms with Crippen LogP contribution in [0.4, 0.5) is 8.78 Å². The van der Waals surface area contributed by atoms with Gasteiger partial charge in [0.05, 0.1) is 10.6 Å². The van der Waals surface area contributed by atoms with Gasteiger partial charge in [-0.05, 0) is 92.6 Å². The van der Waals surface area contributed by atoms with Gasteiger partial charge in [-0.25, -0.2) is 8.78 Å². The number of primary amides is 1.